The van der Waals surface area contributed by atoms with Crippen LogP contribution in [0.3, 0.4) is 0 Å². The van der Waals surface area contributed by atoms with Gasteiger partial charge in [-0.2, -0.15) is 0 Å². The molecule has 3 rings (SSSR count). The molecule has 1 saturated heterocycles. The van der Waals surface area contributed by atoms with Crippen LogP contribution in [0, 0.1) is 6.92 Å². The second-order valence-corrected chi connectivity index (χ2v) is 6.58. The SMILES string of the molecule is Cc1cccc(C(=O)C(=O)NCC(=O)N2CCN(c3ccccc3)CC2)c1. The first-order chi connectivity index (χ1) is 13.0. The minimum absolute atomic E-state index is 0.165. The number of ketones is 1. The largest absolute Gasteiger partial charge is 0.368 e. The fourth-order valence-electron chi connectivity index (χ4n) is 3.12. The molecule has 0 aliphatic carbocycles. The number of carbonyl (C=O) groups is 3. The van der Waals surface area contributed by atoms with Gasteiger partial charge >= 0.3 is 0 Å². The number of carbonyl (C=O) groups excluding carboxylic acids is 3. The van der Waals surface area contributed by atoms with Crippen LogP contribution in [0.25, 0.3) is 0 Å². The number of nitrogens with one attached hydrogen (secondary N) is 1. The van der Waals surface area contributed by atoms with E-state index in [1.165, 1.54) is 0 Å². The summed E-state index contributed by atoms with van der Waals surface area (Å²) < 4.78 is 0. The van der Waals surface area contributed by atoms with Crippen LogP contribution in [-0.2, 0) is 9.59 Å². The summed E-state index contributed by atoms with van der Waals surface area (Å²) in [6, 6.07) is 16.9. The van der Waals surface area contributed by atoms with Crippen molar-refractivity contribution in [2.75, 3.05) is 37.6 Å². The Balaban J connectivity index is 1.47. The summed E-state index contributed by atoms with van der Waals surface area (Å²) in [5, 5.41) is 2.45. The molecule has 1 N–H and O–H groups in total. The molecule has 0 atom stereocenters. The fraction of sp³-hybridized carbons (Fsp3) is 0.286. The lowest BCUT2D eigenvalue weighted by atomic mass is 10.1. The number of nitrogens with zero attached hydrogens (tertiary/aromatic N) is 2. The predicted molar refractivity (Wildman–Crippen MR) is 104 cm³/mol. The van der Waals surface area contributed by atoms with Crippen LogP contribution in [0.15, 0.2) is 54.6 Å². The molecule has 0 aromatic heterocycles. The maximum absolute atomic E-state index is 12.3. The van der Waals surface area contributed by atoms with Crippen molar-refractivity contribution in [2.45, 2.75) is 6.92 Å². The number of aryl methyl sites for hydroxylation is 1. The van der Waals surface area contributed by atoms with Gasteiger partial charge in [-0.15, -0.1) is 0 Å². The number of amides is 2. The van der Waals surface area contributed by atoms with Gasteiger partial charge < -0.3 is 15.1 Å². The molecule has 6 heteroatoms. The van der Waals surface area contributed by atoms with E-state index in [4.69, 9.17) is 0 Å². The molecule has 6 nitrogen and oxygen atoms in total. The molecule has 1 heterocycles. The Hall–Kier alpha value is -3.15. The summed E-state index contributed by atoms with van der Waals surface area (Å²) in [6.45, 7) is 4.36. The number of benzene rings is 2. The smallest absolute Gasteiger partial charge is 0.292 e. The van der Waals surface area contributed by atoms with Crippen LogP contribution < -0.4 is 10.2 Å². The molecule has 0 bridgehead atoms. The highest BCUT2D eigenvalue weighted by Crippen LogP contribution is 2.15. The van der Waals surface area contributed by atoms with Gasteiger partial charge in [-0.25, -0.2) is 0 Å². The van der Waals surface area contributed by atoms with E-state index in [1.54, 1.807) is 23.1 Å². The lowest BCUT2D eigenvalue weighted by Gasteiger charge is -2.36. The van der Waals surface area contributed by atoms with Gasteiger partial charge in [0.1, 0.15) is 0 Å². The van der Waals surface area contributed by atoms with Gasteiger partial charge in [-0.3, -0.25) is 14.4 Å². The molecule has 140 valence electrons. The van der Waals surface area contributed by atoms with Crippen LogP contribution in [-0.4, -0.2) is 55.2 Å². The summed E-state index contributed by atoms with van der Waals surface area (Å²) in [4.78, 5) is 40.5. The molecule has 2 aromatic rings. The predicted octanol–water partition coefficient (Wildman–Crippen LogP) is 1.64. The molecule has 0 saturated carbocycles. The van der Waals surface area contributed by atoms with Crippen molar-refractivity contribution in [1.82, 2.24) is 10.2 Å². The molecule has 1 aliphatic heterocycles. The summed E-state index contributed by atoms with van der Waals surface area (Å²) in [5.41, 5.74) is 2.37. The number of hydrogen-bond donors (Lipinski definition) is 1. The number of Topliss-reactive ketones (excluding diaryl/α,β-unsaturated/α-hetero) is 1. The van der Waals surface area contributed by atoms with E-state index in [0.717, 1.165) is 24.3 Å². The second-order valence-electron chi connectivity index (χ2n) is 6.58. The van der Waals surface area contributed by atoms with Crippen molar-refractivity contribution in [2.24, 2.45) is 0 Å². The first kappa shape index (κ1) is 18.6. The second kappa shape index (κ2) is 8.49. The van der Waals surface area contributed by atoms with Crippen molar-refractivity contribution in [3.8, 4) is 0 Å². The van der Waals surface area contributed by atoms with Crippen molar-refractivity contribution in [1.29, 1.82) is 0 Å². The van der Waals surface area contributed by atoms with E-state index < -0.39 is 11.7 Å². The Morgan fingerprint density at radius 1 is 0.926 bits per heavy atom. The molecular formula is C21H23N3O3. The highest BCUT2D eigenvalue weighted by atomic mass is 16.2. The molecular weight excluding hydrogens is 342 g/mol. The summed E-state index contributed by atoms with van der Waals surface area (Å²) >= 11 is 0. The van der Waals surface area contributed by atoms with Crippen molar-refractivity contribution < 1.29 is 14.4 Å². The average molecular weight is 365 g/mol. The first-order valence-corrected chi connectivity index (χ1v) is 9.01. The lowest BCUT2D eigenvalue weighted by Crippen LogP contribution is -2.51. The molecule has 1 aliphatic rings. The van der Waals surface area contributed by atoms with Crippen LogP contribution in [0.2, 0.25) is 0 Å². The quantitative estimate of drug-likeness (QED) is 0.646. The van der Waals surface area contributed by atoms with E-state index >= 15 is 0 Å². The zero-order chi connectivity index (χ0) is 19.2. The third kappa shape index (κ3) is 4.73. The van der Waals surface area contributed by atoms with Crippen LogP contribution in [0.4, 0.5) is 5.69 Å². The molecule has 2 amide bonds. The van der Waals surface area contributed by atoms with Crippen LogP contribution in [0.1, 0.15) is 15.9 Å². The zero-order valence-corrected chi connectivity index (χ0v) is 15.4. The standard InChI is InChI=1S/C21H23N3O3/c1-16-6-5-7-17(14-16)20(26)21(27)22-15-19(25)24-12-10-23(11-13-24)18-8-3-2-4-9-18/h2-9,14H,10-13,15H2,1H3,(H,22,27). The number of para-hydroxylation sites is 1. The maximum Gasteiger partial charge on any atom is 0.292 e. The summed E-state index contributed by atoms with van der Waals surface area (Å²) in [5.74, 6) is -1.55. The van der Waals surface area contributed by atoms with Gasteiger partial charge in [-0.05, 0) is 25.1 Å². The highest BCUT2D eigenvalue weighted by Gasteiger charge is 2.23. The Kier molecular flexibility index (Phi) is 5.86. The Labute approximate surface area is 158 Å². The van der Waals surface area contributed by atoms with E-state index in [-0.39, 0.29) is 12.5 Å². The monoisotopic (exact) mass is 365 g/mol. The highest BCUT2D eigenvalue weighted by molar-refractivity contribution is 6.43. The molecule has 0 spiro atoms. The Morgan fingerprint density at radius 2 is 1.63 bits per heavy atom. The lowest BCUT2D eigenvalue weighted by molar-refractivity contribution is -0.132. The van der Waals surface area contributed by atoms with Gasteiger partial charge in [-0.1, -0.05) is 42.0 Å². The van der Waals surface area contributed by atoms with Gasteiger partial charge in [0.2, 0.25) is 11.7 Å². The van der Waals surface area contributed by atoms with Crippen LogP contribution in [0.5, 0.6) is 0 Å². The third-order valence-corrected chi connectivity index (χ3v) is 4.64. The number of rotatable bonds is 5. The molecule has 1 fully saturated rings. The molecule has 0 unspecified atom stereocenters. The average Bonchev–Trinajstić information content (AvgIpc) is 2.72. The van der Waals surface area contributed by atoms with Gasteiger partial charge in [0.25, 0.3) is 5.91 Å². The fourth-order valence-corrected chi connectivity index (χ4v) is 3.12. The molecule has 0 radical (unpaired) electrons. The Bertz CT molecular complexity index is 828. The zero-order valence-electron chi connectivity index (χ0n) is 15.4. The van der Waals surface area contributed by atoms with Gasteiger partial charge in [0, 0.05) is 37.4 Å². The number of piperazine rings is 1. The third-order valence-electron chi connectivity index (χ3n) is 4.64. The molecule has 2 aromatic carbocycles. The van der Waals surface area contributed by atoms with Crippen LogP contribution >= 0.6 is 0 Å². The minimum atomic E-state index is -0.753. The van der Waals surface area contributed by atoms with E-state index in [0.29, 0.717) is 18.7 Å². The van der Waals surface area contributed by atoms with Crippen molar-refractivity contribution in [3.05, 3.63) is 65.7 Å². The minimum Gasteiger partial charge on any atom is -0.368 e. The van der Waals surface area contributed by atoms with Gasteiger partial charge in [0.15, 0.2) is 0 Å². The number of anilines is 1. The first-order valence-electron chi connectivity index (χ1n) is 9.01. The summed E-state index contributed by atoms with van der Waals surface area (Å²) in [6.07, 6.45) is 0. The van der Waals surface area contributed by atoms with Crippen molar-refractivity contribution >= 4 is 23.3 Å². The maximum atomic E-state index is 12.3. The number of hydrogen-bond acceptors (Lipinski definition) is 4. The van der Waals surface area contributed by atoms with Crippen molar-refractivity contribution in [3.63, 3.8) is 0 Å². The Morgan fingerprint density at radius 3 is 2.30 bits per heavy atom. The molecule has 27 heavy (non-hydrogen) atoms. The van der Waals surface area contributed by atoms with E-state index in [2.05, 4.69) is 22.3 Å². The van der Waals surface area contributed by atoms with E-state index in [9.17, 15) is 14.4 Å². The van der Waals surface area contributed by atoms with E-state index in [1.807, 2.05) is 31.2 Å². The topological polar surface area (TPSA) is 69.7 Å². The van der Waals surface area contributed by atoms with Gasteiger partial charge in [0.05, 0.1) is 6.54 Å². The summed E-state index contributed by atoms with van der Waals surface area (Å²) in [7, 11) is 0. The normalized spacial score (nSPS) is 14.0.